The minimum atomic E-state index is -0.485. The summed E-state index contributed by atoms with van der Waals surface area (Å²) in [5, 5.41) is 6.69. The summed E-state index contributed by atoms with van der Waals surface area (Å²) in [4.78, 5) is 29.3. The van der Waals surface area contributed by atoms with Crippen LogP contribution in [0, 0.1) is 5.92 Å². The highest BCUT2D eigenvalue weighted by molar-refractivity contribution is 5.80. The second kappa shape index (κ2) is 7.78. The minimum Gasteiger partial charge on any atom is -0.351 e. The second-order valence-electron chi connectivity index (χ2n) is 6.11. The van der Waals surface area contributed by atoms with Crippen molar-refractivity contribution < 1.29 is 14.1 Å². The van der Waals surface area contributed by atoms with E-state index in [1.54, 1.807) is 0 Å². The lowest BCUT2D eigenvalue weighted by Crippen LogP contribution is -2.47. The van der Waals surface area contributed by atoms with E-state index in [9.17, 15) is 9.59 Å². The highest BCUT2D eigenvalue weighted by atomic mass is 16.5. The third kappa shape index (κ3) is 4.56. The maximum atomic E-state index is 12.3. The zero-order chi connectivity index (χ0) is 17.6. The molecule has 0 saturated carbocycles. The number of hydrogen-bond acceptors (Lipinski definition) is 5. The molecule has 1 aromatic heterocycles. The Hall–Kier alpha value is -2.90. The van der Waals surface area contributed by atoms with E-state index in [1.807, 2.05) is 30.3 Å². The van der Waals surface area contributed by atoms with Crippen LogP contribution < -0.4 is 11.1 Å². The lowest BCUT2D eigenvalue weighted by molar-refractivity contribution is -0.126. The van der Waals surface area contributed by atoms with Gasteiger partial charge in [0.15, 0.2) is 5.82 Å². The van der Waals surface area contributed by atoms with Gasteiger partial charge in [-0.1, -0.05) is 35.5 Å². The van der Waals surface area contributed by atoms with Crippen molar-refractivity contribution in [2.45, 2.75) is 25.8 Å². The molecular weight excluding hydrogens is 322 g/mol. The number of likely N-dealkylation sites (tertiary alicyclic amines) is 1. The molecule has 0 bridgehead atoms. The highest BCUT2D eigenvalue weighted by Gasteiger charge is 2.27. The molecule has 3 rings (SSSR count). The Morgan fingerprint density at radius 2 is 2.12 bits per heavy atom. The molecule has 1 aliphatic heterocycles. The monoisotopic (exact) mass is 343 g/mol. The van der Waals surface area contributed by atoms with Gasteiger partial charge in [-0.2, -0.15) is 4.98 Å². The van der Waals surface area contributed by atoms with E-state index in [2.05, 4.69) is 15.5 Å². The maximum absolute atomic E-state index is 12.3. The van der Waals surface area contributed by atoms with E-state index < -0.39 is 6.03 Å². The van der Waals surface area contributed by atoms with Crippen LogP contribution in [0.15, 0.2) is 34.9 Å². The normalized spacial score (nSPS) is 17.3. The summed E-state index contributed by atoms with van der Waals surface area (Å²) in [7, 11) is 0. The summed E-state index contributed by atoms with van der Waals surface area (Å²) in [6, 6.07) is 9.33. The second-order valence-corrected chi connectivity index (χ2v) is 6.11. The van der Waals surface area contributed by atoms with Crippen molar-refractivity contribution in [3.8, 4) is 0 Å². The Morgan fingerprint density at radius 1 is 1.32 bits per heavy atom. The molecule has 1 aromatic carbocycles. The number of benzene rings is 1. The number of piperidine rings is 1. The molecule has 1 aliphatic rings. The van der Waals surface area contributed by atoms with E-state index in [-0.39, 0.29) is 18.4 Å². The molecule has 0 radical (unpaired) electrons. The number of urea groups is 1. The molecule has 2 heterocycles. The number of amides is 3. The molecule has 3 amide bonds. The molecule has 0 spiro atoms. The molecule has 0 aliphatic carbocycles. The number of carbonyl (C=O) groups is 2. The van der Waals surface area contributed by atoms with Gasteiger partial charge >= 0.3 is 6.03 Å². The quantitative estimate of drug-likeness (QED) is 0.843. The molecule has 3 N–H and O–H groups in total. The van der Waals surface area contributed by atoms with Crippen LogP contribution in [0.1, 0.15) is 30.1 Å². The molecule has 132 valence electrons. The van der Waals surface area contributed by atoms with Gasteiger partial charge in [0.1, 0.15) is 0 Å². The Morgan fingerprint density at radius 3 is 2.88 bits per heavy atom. The van der Waals surface area contributed by atoms with E-state index in [0.717, 1.165) is 18.4 Å². The molecule has 2 aromatic rings. The van der Waals surface area contributed by atoms with Gasteiger partial charge in [0.05, 0.1) is 18.9 Å². The fraction of sp³-hybridized carbons (Fsp3) is 0.412. The maximum Gasteiger partial charge on any atom is 0.314 e. The molecule has 1 saturated heterocycles. The predicted molar refractivity (Wildman–Crippen MR) is 89.3 cm³/mol. The standard InChI is InChI=1S/C17H21N5O3/c18-17(24)22-8-4-7-13(11-22)16(23)19-10-14-20-15(25-21-14)9-12-5-2-1-3-6-12/h1-3,5-6,13H,4,7-11H2,(H2,18,24)(H,19,23)/t13-/m0/s1. The van der Waals surface area contributed by atoms with Gasteiger partial charge < -0.3 is 20.5 Å². The van der Waals surface area contributed by atoms with Crippen molar-refractivity contribution in [1.29, 1.82) is 0 Å². The number of nitrogens with zero attached hydrogens (tertiary/aromatic N) is 3. The lowest BCUT2D eigenvalue weighted by Gasteiger charge is -2.30. The zero-order valence-electron chi connectivity index (χ0n) is 13.9. The van der Waals surface area contributed by atoms with E-state index >= 15 is 0 Å². The molecule has 1 atom stereocenters. The Labute approximate surface area is 145 Å². The van der Waals surface area contributed by atoms with Crippen LogP contribution in [0.25, 0.3) is 0 Å². The van der Waals surface area contributed by atoms with Gasteiger partial charge in [-0.15, -0.1) is 0 Å². The third-order valence-corrected chi connectivity index (χ3v) is 4.23. The van der Waals surface area contributed by atoms with Crippen LogP contribution in [0.4, 0.5) is 4.79 Å². The highest BCUT2D eigenvalue weighted by Crippen LogP contribution is 2.16. The average molecular weight is 343 g/mol. The lowest BCUT2D eigenvalue weighted by atomic mass is 9.97. The minimum absolute atomic E-state index is 0.125. The molecule has 8 heteroatoms. The van der Waals surface area contributed by atoms with Crippen molar-refractivity contribution in [2.24, 2.45) is 11.7 Å². The van der Waals surface area contributed by atoms with Gasteiger partial charge in [0, 0.05) is 13.1 Å². The number of carbonyl (C=O) groups excluding carboxylic acids is 2. The number of rotatable bonds is 5. The summed E-state index contributed by atoms with van der Waals surface area (Å²) in [6.45, 7) is 1.16. The van der Waals surface area contributed by atoms with Crippen LogP contribution in [0.2, 0.25) is 0 Å². The van der Waals surface area contributed by atoms with E-state index in [4.69, 9.17) is 10.3 Å². The first-order chi connectivity index (χ1) is 12.1. The first-order valence-corrected chi connectivity index (χ1v) is 8.29. The largest absolute Gasteiger partial charge is 0.351 e. The van der Waals surface area contributed by atoms with Crippen molar-refractivity contribution in [1.82, 2.24) is 20.4 Å². The van der Waals surface area contributed by atoms with Crippen LogP contribution in [-0.2, 0) is 17.8 Å². The van der Waals surface area contributed by atoms with Crippen molar-refractivity contribution in [3.05, 3.63) is 47.6 Å². The van der Waals surface area contributed by atoms with Gasteiger partial charge in [0.25, 0.3) is 0 Å². The first-order valence-electron chi connectivity index (χ1n) is 8.29. The number of hydrogen-bond donors (Lipinski definition) is 2. The molecule has 0 unspecified atom stereocenters. The molecular formula is C17H21N5O3. The average Bonchev–Trinajstić information content (AvgIpc) is 3.08. The van der Waals surface area contributed by atoms with Crippen molar-refractivity contribution in [3.63, 3.8) is 0 Å². The Bertz CT molecular complexity index is 731. The zero-order valence-corrected chi connectivity index (χ0v) is 13.9. The molecule has 25 heavy (non-hydrogen) atoms. The van der Waals surface area contributed by atoms with Gasteiger partial charge in [-0.05, 0) is 18.4 Å². The topological polar surface area (TPSA) is 114 Å². The number of nitrogens with two attached hydrogens (primary N) is 1. The summed E-state index contributed by atoms with van der Waals surface area (Å²) >= 11 is 0. The van der Waals surface area contributed by atoms with E-state index in [1.165, 1.54) is 4.90 Å². The van der Waals surface area contributed by atoms with Gasteiger partial charge in [-0.3, -0.25) is 4.79 Å². The van der Waals surface area contributed by atoms with Crippen molar-refractivity contribution in [2.75, 3.05) is 13.1 Å². The Kier molecular flexibility index (Phi) is 5.27. The molecule has 1 fully saturated rings. The van der Waals surface area contributed by atoms with Gasteiger partial charge in [0.2, 0.25) is 11.8 Å². The smallest absolute Gasteiger partial charge is 0.314 e. The fourth-order valence-corrected chi connectivity index (χ4v) is 2.91. The van der Waals surface area contributed by atoms with Crippen LogP contribution >= 0.6 is 0 Å². The number of aromatic nitrogens is 2. The number of primary amides is 1. The summed E-state index contributed by atoms with van der Waals surface area (Å²) < 4.78 is 5.21. The third-order valence-electron chi connectivity index (χ3n) is 4.23. The van der Waals surface area contributed by atoms with Gasteiger partial charge in [-0.25, -0.2) is 4.79 Å². The summed E-state index contributed by atoms with van der Waals surface area (Å²) in [5.41, 5.74) is 6.36. The van der Waals surface area contributed by atoms with Crippen molar-refractivity contribution >= 4 is 11.9 Å². The first kappa shape index (κ1) is 16.9. The number of nitrogens with one attached hydrogen (secondary N) is 1. The molecule has 8 nitrogen and oxygen atoms in total. The summed E-state index contributed by atoms with van der Waals surface area (Å²) in [6.07, 6.45) is 2.06. The van der Waals surface area contributed by atoms with E-state index in [0.29, 0.717) is 31.2 Å². The predicted octanol–water partition coefficient (Wildman–Crippen LogP) is 1.07. The fourth-order valence-electron chi connectivity index (χ4n) is 2.91. The Balaban J connectivity index is 1.50. The van der Waals surface area contributed by atoms with Crippen LogP contribution in [0.3, 0.4) is 0 Å². The SMILES string of the molecule is NC(=O)N1CCC[C@H](C(=O)NCc2noc(Cc3ccccc3)n2)C1. The van der Waals surface area contributed by atoms with Crippen LogP contribution in [-0.4, -0.2) is 40.1 Å². The summed E-state index contributed by atoms with van der Waals surface area (Å²) in [5.74, 6) is 0.562. The van der Waals surface area contributed by atoms with Crippen LogP contribution in [0.5, 0.6) is 0 Å².